The Morgan fingerprint density at radius 2 is 1.82 bits per heavy atom. The fraction of sp³-hybridized carbons (Fsp3) is 0.571. The number of aliphatic hydroxyl groups is 1. The van der Waals surface area contributed by atoms with E-state index in [1.807, 2.05) is 13.8 Å². The van der Waals surface area contributed by atoms with Gasteiger partial charge in [-0.2, -0.15) is 0 Å². The first-order valence-corrected chi connectivity index (χ1v) is 6.17. The maximum Gasteiger partial charge on any atom is 0.126 e. The van der Waals surface area contributed by atoms with E-state index in [9.17, 15) is 9.50 Å². The molecule has 2 N–H and O–H groups in total. The van der Waals surface area contributed by atoms with E-state index in [-0.39, 0.29) is 12.4 Å². The number of halogens is 1. The highest BCUT2D eigenvalue weighted by molar-refractivity contribution is 5.33. The first-order valence-electron chi connectivity index (χ1n) is 6.17. The third-order valence-electron chi connectivity index (χ3n) is 3.08. The molecule has 1 heterocycles. The van der Waals surface area contributed by atoms with Gasteiger partial charge in [-0.15, -0.1) is 0 Å². The Morgan fingerprint density at radius 3 is 2.18 bits per heavy atom. The number of piperidine rings is 1. The first-order chi connectivity index (χ1) is 8.20. The van der Waals surface area contributed by atoms with E-state index in [0.29, 0.717) is 5.57 Å². The summed E-state index contributed by atoms with van der Waals surface area (Å²) in [5, 5.41) is 12.7. The summed E-state index contributed by atoms with van der Waals surface area (Å²) in [5.41, 5.74) is 0.00662. The number of aliphatic hydroxyl groups excluding tert-OH is 1. The molecule has 1 aliphatic heterocycles. The molecule has 0 amide bonds. The fourth-order valence-corrected chi connectivity index (χ4v) is 2.10. The van der Waals surface area contributed by atoms with Gasteiger partial charge in [0.25, 0.3) is 0 Å². The van der Waals surface area contributed by atoms with Crippen molar-refractivity contribution in [3.8, 4) is 0 Å². The molecule has 0 bridgehead atoms. The summed E-state index contributed by atoms with van der Waals surface area (Å²) >= 11 is 0. The molecule has 1 aliphatic rings. The van der Waals surface area contributed by atoms with Gasteiger partial charge in [-0.3, -0.25) is 0 Å². The van der Waals surface area contributed by atoms with Crippen LogP contribution >= 0.6 is 0 Å². The molecule has 1 fully saturated rings. The monoisotopic (exact) mass is 241 g/mol. The largest absolute Gasteiger partial charge is 0.395 e. The van der Waals surface area contributed by atoms with Gasteiger partial charge in [0, 0.05) is 5.41 Å². The summed E-state index contributed by atoms with van der Waals surface area (Å²) in [6.45, 7) is 12.6. The van der Waals surface area contributed by atoms with Crippen molar-refractivity contribution < 1.29 is 9.50 Å². The average Bonchev–Trinajstić information content (AvgIpc) is 2.42. The Hall–Kier alpha value is -0.930. The van der Waals surface area contributed by atoms with Gasteiger partial charge in [0.2, 0.25) is 0 Å². The summed E-state index contributed by atoms with van der Waals surface area (Å²) in [4.78, 5) is 0. The van der Waals surface area contributed by atoms with Gasteiger partial charge in [0.15, 0.2) is 0 Å². The lowest BCUT2D eigenvalue weighted by Gasteiger charge is -2.37. The van der Waals surface area contributed by atoms with Gasteiger partial charge in [-0.25, -0.2) is 4.39 Å². The Kier molecular flexibility index (Phi) is 7.75. The molecular formula is C14H24FNO. The van der Waals surface area contributed by atoms with Crippen molar-refractivity contribution in [1.82, 2.24) is 5.32 Å². The summed E-state index contributed by atoms with van der Waals surface area (Å²) in [5.74, 6) is -0.374. The average molecular weight is 241 g/mol. The Balaban J connectivity index is 0.00000121. The number of allylic oxidation sites excluding steroid dienone is 3. The van der Waals surface area contributed by atoms with Crippen LogP contribution in [0.15, 0.2) is 36.7 Å². The minimum Gasteiger partial charge on any atom is -0.395 e. The minimum atomic E-state index is -0.481. The van der Waals surface area contributed by atoms with Crippen LogP contribution in [0.3, 0.4) is 0 Å². The molecule has 1 saturated heterocycles. The van der Waals surface area contributed by atoms with Crippen molar-refractivity contribution in [2.24, 2.45) is 5.41 Å². The van der Waals surface area contributed by atoms with Crippen molar-refractivity contribution in [3.05, 3.63) is 36.7 Å². The zero-order valence-corrected chi connectivity index (χ0v) is 10.9. The van der Waals surface area contributed by atoms with Crippen molar-refractivity contribution in [3.63, 3.8) is 0 Å². The van der Waals surface area contributed by atoms with Gasteiger partial charge >= 0.3 is 0 Å². The highest BCUT2D eigenvalue weighted by Gasteiger charge is 2.35. The highest BCUT2D eigenvalue weighted by atomic mass is 19.1. The third kappa shape index (κ3) is 3.79. The molecule has 0 aromatic carbocycles. The van der Waals surface area contributed by atoms with Gasteiger partial charge in [-0.1, -0.05) is 33.1 Å². The minimum absolute atomic E-state index is 0.0444. The zero-order chi connectivity index (χ0) is 13.3. The maximum atomic E-state index is 13.6. The van der Waals surface area contributed by atoms with Crippen LogP contribution in [0.25, 0.3) is 0 Å². The van der Waals surface area contributed by atoms with E-state index in [2.05, 4.69) is 18.5 Å². The van der Waals surface area contributed by atoms with Crippen LogP contribution in [-0.2, 0) is 0 Å². The molecule has 0 aliphatic carbocycles. The standard InChI is InChI=1S/C12H18FNO.C2H6/c1-3-10(11(13)4-2)12(9-15)5-7-14-8-6-12;1-2/h3-4,14-15H,1-2,5-9H2;1-2H3/b11-10-;. The molecule has 3 heteroatoms. The molecule has 98 valence electrons. The van der Waals surface area contributed by atoms with E-state index >= 15 is 0 Å². The van der Waals surface area contributed by atoms with Crippen LogP contribution < -0.4 is 5.32 Å². The molecule has 0 aromatic rings. The van der Waals surface area contributed by atoms with Gasteiger partial charge in [0.1, 0.15) is 5.83 Å². The van der Waals surface area contributed by atoms with E-state index in [0.717, 1.165) is 25.9 Å². The molecule has 0 atom stereocenters. The number of rotatable bonds is 4. The van der Waals surface area contributed by atoms with Crippen LogP contribution in [0.2, 0.25) is 0 Å². The molecule has 2 nitrogen and oxygen atoms in total. The van der Waals surface area contributed by atoms with Crippen LogP contribution in [0.4, 0.5) is 4.39 Å². The van der Waals surface area contributed by atoms with E-state index in [1.54, 1.807) is 0 Å². The van der Waals surface area contributed by atoms with Crippen molar-refractivity contribution in [2.45, 2.75) is 26.7 Å². The molecule has 0 radical (unpaired) electrons. The number of nitrogens with one attached hydrogen (secondary N) is 1. The van der Waals surface area contributed by atoms with Crippen LogP contribution in [0.1, 0.15) is 26.7 Å². The normalized spacial score (nSPS) is 19.5. The first kappa shape index (κ1) is 16.1. The lowest BCUT2D eigenvalue weighted by atomic mass is 9.73. The summed E-state index contributed by atoms with van der Waals surface area (Å²) < 4.78 is 13.6. The third-order valence-corrected chi connectivity index (χ3v) is 3.08. The predicted octanol–water partition coefficient (Wildman–Crippen LogP) is 2.97. The van der Waals surface area contributed by atoms with Gasteiger partial charge in [0.05, 0.1) is 6.61 Å². The Morgan fingerprint density at radius 1 is 1.29 bits per heavy atom. The van der Waals surface area contributed by atoms with Crippen molar-refractivity contribution >= 4 is 0 Å². The fourth-order valence-electron chi connectivity index (χ4n) is 2.10. The van der Waals surface area contributed by atoms with E-state index in [1.165, 1.54) is 12.2 Å². The highest BCUT2D eigenvalue weighted by Crippen LogP contribution is 2.39. The second kappa shape index (κ2) is 8.20. The van der Waals surface area contributed by atoms with Crippen molar-refractivity contribution in [2.75, 3.05) is 19.7 Å². The van der Waals surface area contributed by atoms with E-state index in [4.69, 9.17) is 0 Å². The number of hydrogen-bond donors (Lipinski definition) is 2. The molecule has 0 aromatic heterocycles. The summed E-state index contributed by atoms with van der Waals surface area (Å²) in [6, 6.07) is 0. The van der Waals surface area contributed by atoms with Gasteiger partial charge in [-0.05, 0) is 37.6 Å². The summed E-state index contributed by atoms with van der Waals surface area (Å²) in [7, 11) is 0. The SMILES string of the molecule is C=C/C(F)=C(\C=C)C1(CO)CCNCC1.CC. The predicted molar refractivity (Wildman–Crippen MR) is 71.5 cm³/mol. The topological polar surface area (TPSA) is 32.3 Å². The molecule has 0 spiro atoms. The Bertz CT molecular complexity index is 278. The second-order valence-electron chi connectivity index (χ2n) is 3.86. The summed E-state index contributed by atoms with van der Waals surface area (Å²) in [6.07, 6.45) is 4.13. The smallest absolute Gasteiger partial charge is 0.126 e. The lowest BCUT2D eigenvalue weighted by molar-refractivity contribution is 0.124. The quantitative estimate of drug-likeness (QED) is 0.742. The molecular weight excluding hydrogens is 217 g/mol. The Labute approximate surface area is 104 Å². The number of hydrogen-bond acceptors (Lipinski definition) is 2. The molecule has 0 saturated carbocycles. The van der Waals surface area contributed by atoms with Crippen LogP contribution in [-0.4, -0.2) is 24.8 Å². The zero-order valence-electron chi connectivity index (χ0n) is 10.9. The molecule has 1 rings (SSSR count). The second-order valence-corrected chi connectivity index (χ2v) is 3.86. The molecule has 17 heavy (non-hydrogen) atoms. The van der Waals surface area contributed by atoms with E-state index < -0.39 is 5.41 Å². The van der Waals surface area contributed by atoms with Gasteiger partial charge < -0.3 is 10.4 Å². The lowest BCUT2D eigenvalue weighted by Crippen LogP contribution is -2.40. The van der Waals surface area contributed by atoms with Crippen LogP contribution in [0, 0.1) is 5.41 Å². The van der Waals surface area contributed by atoms with Crippen LogP contribution in [0.5, 0.6) is 0 Å². The molecule has 0 unspecified atom stereocenters. The maximum absolute atomic E-state index is 13.6. The van der Waals surface area contributed by atoms with Crippen molar-refractivity contribution in [1.29, 1.82) is 0 Å².